The highest BCUT2D eigenvalue weighted by Gasteiger charge is 2.28. The lowest BCUT2D eigenvalue weighted by atomic mass is 10.0. The molecule has 16 heavy (non-hydrogen) atoms. The van der Waals surface area contributed by atoms with Crippen LogP contribution in [0.1, 0.15) is 25.8 Å². The first-order chi connectivity index (χ1) is 7.51. The van der Waals surface area contributed by atoms with Crippen LogP contribution in [0.4, 0.5) is 5.69 Å². The van der Waals surface area contributed by atoms with Gasteiger partial charge in [-0.05, 0) is 25.5 Å². The zero-order valence-electron chi connectivity index (χ0n) is 9.32. The van der Waals surface area contributed by atoms with Crippen LogP contribution in [0.25, 0.3) is 0 Å². The molecule has 4 heteroatoms. The monoisotopic (exact) mass is 218 g/mol. The maximum Gasteiger partial charge on any atom is 0.256 e. The van der Waals surface area contributed by atoms with E-state index in [9.17, 15) is 9.90 Å². The third-order valence-corrected chi connectivity index (χ3v) is 2.47. The summed E-state index contributed by atoms with van der Waals surface area (Å²) < 4.78 is 0. The molecule has 1 amide bonds. The number of amides is 1. The third kappa shape index (κ3) is 2.59. The van der Waals surface area contributed by atoms with E-state index in [4.69, 9.17) is 5.26 Å². The number of hydrogen-bond acceptors (Lipinski definition) is 3. The highest BCUT2D eigenvalue weighted by Crippen LogP contribution is 2.17. The number of para-hydroxylation sites is 1. The van der Waals surface area contributed by atoms with Gasteiger partial charge in [-0.1, -0.05) is 19.1 Å². The Hall–Kier alpha value is -1.86. The minimum atomic E-state index is -1.41. The second kappa shape index (κ2) is 4.77. The van der Waals surface area contributed by atoms with Gasteiger partial charge in [0.1, 0.15) is 11.7 Å². The summed E-state index contributed by atoms with van der Waals surface area (Å²) in [4.78, 5) is 11.7. The van der Waals surface area contributed by atoms with Gasteiger partial charge in [-0.3, -0.25) is 4.79 Å². The Balaban J connectivity index is 2.90. The van der Waals surface area contributed by atoms with E-state index in [1.807, 2.05) is 6.07 Å². The SMILES string of the molecule is CCC(C)(O)C(=O)Nc1ccccc1C#N. The number of carbonyl (C=O) groups is 1. The zero-order chi connectivity index (χ0) is 12.2. The van der Waals surface area contributed by atoms with E-state index in [0.29, 0.717) is 17.7 Å². The Kier molecular flexibility index (Phi) is 3.64. The first-order valence-electron chi connectivity index (χ1n) is 5.04. The van der Waals surface area contributed by atoms with Crippen LogP contribution < -0.4 is 5.32 Å². The minimum Gasteiger partial charge on any atom is -0.380 e. The highest BCUT2D eigenvalue weighted by atomic mass is 16.3. The van der Waals surface area contributed by atoms with Crippen molar-refractivity contribution in [2.24, 2.45) is 0 Å². The van der Waals surface area contributed by atoms with Crippen molar-refractivity contribution in [2.45, 2.75) is 25.9 Å². The van der Waals surface area contributed by atoms with Crippen LogP contribution in [0.3, 0.4) is 0 Å². The molecule has 0 heterocycles. The first kappa shape index (κ1) is 12.2. The molecule has 0 saturated carbocycles. The van der Waals surface area contributed by atoms with Crippen molar-refractivity contribution in [1.29, 1.82) is 5.26 Å². The third-order valence-electron chi connectivity index (χ3n) is 2.47. The molecule has 0 radical (unpaired) electrons. The average molecular weight is 218 g/mol. The van der Waals surface area contributed by atoms with Crippen LogP contribution in [-0.2, 0) is 4.79 Å². The number of benzene rings is 1. The minimum absolute atomic E-state index is 0.313. The lowest BCUT2D eigenvalue weighted by Crippen LogP contribution is -2.39. The van der Waals surface area contributed by atoms with Gasteiger partial charge < -0.3 is 10.4 Å². The summed E-state index contributed by atoms with van der Waals surface area (Å²) in [6, 6.07) is 8.64. The van der Waals surface area contributed by atoms with Crippen molar-refractivity contribution < 1.29 is 9.90 Å². The van der Waals surface area contributed by atoms with Crippen molar-refractivity contribution in [3.05, 3.63) is 29.8 Å². The van der Waals surface area contributed by atoms with Crippen molar-refractivity contribution >= 4 is 11.6 Å². The summed E-state index contributed by atoms with van der Waals surface area (Å²) in [5.41, 5.74) is -0.616. The Bertz CT molecular complexity index is 433. The van der Waals surface area contributed by atoms with Crippen LogP contribution in [0.2, 0.25) is 0 Å². The van der Waals surface area contributed by atoms with E-state index < -0.39 is 11.5 Å². The summed E-state index contributed by atoms with van der Waals surface area (Å²) in [6.45, 7) is 3.16. The summed E-state index contributed by atoms with van der Waals surface area (Å²) >= 11 is 0. The van der Waals surface area contributed by atoms with Crippen LogP contribution in [0.15, 0.2) is 24.3 Å². The molecule has 84 valence electrons. The normalized spacial score (nSPS) is 13.6. The quantitative estimate of drug-likeness (QED) is 0.810. The maximum atomic E-state index is 11.7. The lowest BCUT2D eigenvalue weighted by Gasteiger charge is -2.20. The summed E-state index contributed by atoms with van der Waals surface area (Å²) in [5, 5.41) is 21.1. The van der Waals surface area contributed by atoms with Gasteiger partial charge in [0.05, 0.1) is 11.3 Å². The van der Waals surface area contributed by atoms with Gasteiger partial charge >= 0.3 is 0 Å². The van der Waals surface area contributed by atoms with E-state index in [2.05, 4.69) is 5.32 Å². The number of carbonyl (C=O) groups excluding carboxylic acids is 1. The van der Waals surface area contributed by atoms with Gasteiger partial charge in [0.2, 0.25) is 0 Å². The molecule has 0 aliphatic heterocycles. The summed E-state index contributed by atoms with van der Waals surface area (Å²) in [5.74, 6) is -0.502. The number of anilines is 1. The average Bonchev–Trinajstić information content (AvgIpc) is 2.29. The number of nitrogens with zero attached hydrogens (tertiary/aromatic N) is 1. The van der Waals surface area contributed by atoms with Crippen LogP contribution in [0.5, 0.6) is 0 Å². The fraction of sp³-hybridized carbons (Fsp3) is 0.333. The summed E-state index contributed by atoms with van der Waals surface area (Å²) in [6.07, 6.45) is 0.313. The van der Waals surface area contributed by atoms with Crippen molar-refractivity contribution in [3.63, 3.8) is 0 Å². The van der Waals surface area contributed by atoms with Gasteiger partial charge in [0.15, 0.2) is 0 Å². The van der Waals surface area contributed by atoms with E-state index in [1.165, 1.54) is 6.92 Å². The Labute approximate surface area is 94.5 Å². The highest BCUT2D eigenvalue weighted by molar-refractivity contribution is 5.97. The predicted octanol–water partition coefficient (Wildman–Crippen LogP) is 1.66. The fourth-order valence-corrected chi connectivity index (χ4v) is 1.11. The summed E-state index contributed by atoms with van der Waals surface area (Å²) in [7, 11) is 0. The molecule has 0 fully saturated rings. The van der Waals surface area contributed by atoms with E-state index in [1.54, 1.807) is 31.2 Å². The Morgan fingerprint density at radius 2 is 2.19 bits per heavy atom. The van der Waals surface area contributed by atoms with Gasteiger partial charge in [-0.15, -0.1) is 0 Å². The number of nitrogens with one attached hydrogen (secondary N) is 1. The topological polar surface area (TPSA) is 73.1 Å². The standard InChI is InChI=1S/C12H14N2O2/c1-3-12(2,16)11(15)14-10-7-5-4-6-9(10)8-13/h4-7,16H,3H2,1-2H3,(H,14,15). The van der Waals surface area contributed by atoms with Crippen molar-refractivity contribution in [2.75, 3.05) is 5.32 Å². The molecule has 4 nitrogen and oxygen atoms in total. The van der Waals surface area contributed by atoms with Crippen molar-refractivity contribution in [1.82, 2.24) is 0 Å². The Morgan fingerprint density at radius 1 is 1.56 bits per heavy atom. The van der Waals surface area contributed by atoms with E-state index in [-0.39, 0.29) is 0 Å². The maximum absolute atomic E-state index is 11.7. The molecule has 2 N–H and O–H groups in total. The Morgan fingerprint density at radius 3 is 2.75 bits per heavy atom. The number of hydrogen-bond donors (Lipinski definition) is 2. The number of aliphatic hydroxyl groups is 1. The fourth-order valence-electron chi connectivity index (χ4n) is 1.11. The molecule has 1 unspecified atom stereocenters. The van der Waals surface area contributed by atoms with Gasteiger partial charge in [-0.2, -0.15) is 5.26 Å². The molecule has 0 saturated heterocycles. The number of rotatable bonds is 3. The molecular formula is C12H14N2O2. The molecule has 0 bridgehead atoms. The van der Waals surface area contributed by atoms with Crippen LogP contribution >= 0.6 is 0 Å². The van der Waals surface area contributed by atoms with E-state index in [0.717, 1.165) is 0 Å². The van der Waals surface area contributed by atoms with Gasteiger partial charge in [0.25, 0.3) is 5.91 Å². The second-order valence-electron chi connectivity index (χ2n) is 3.74. The molecule has 1 aromatic carbocycles. The molecule has 1 aromatic rings. The zero-order valence-corrected chi connectivity index (χ0v) is 9.32. The molecule has 0 spiro atoms. The van der Waals surface area contributed by atoms with Crippen LogP contribution in [-0.4, -0.2) is 16.6 Å². The van der Waals surface area contributed by atoms with Crippen molar-refractivity contribution in [3.8, 4) is 6.07 Å². The van der Waals surface area contributed by atoms with Crippen LogP contribution in [0, 0.1) is 11.3 Å². The second-order valence-corrected chi connectivity index (χ2v) is 3.74. The molecule has 0 aliphatic rings. The number of nitriles is 1. The predicted molar refractivity (Wildman–Crippen MR) is 60.7 cm³/mol. The molecule has 1 rings (SSSR count). The van der Waals surface area contributed by atoms with Gasteiger partial charge in [-0.25, -0.2) is 0 Å². The molecule has 0 aliphatic carbocycles. The molecular weight excluding hydrogens is 204 g/mol. The molecule has 0 aromatic heterocycles. The lowest BCUT2D eigenvalue weighted by molar-refractivity contribution is -0.132. The van der Waals surface area contributed by atoms with Gasteiger partial charge in [0, 0.05) is 0 Å². The molecule has 1 atom stereocenters. The van der Waals surface area contributed by atoms with E-state index >= 15 is 0 Å². The smallest absolute Gasteiger partial charge is 0.256 e. The largest absolute Gasteiger partial charge is 0.380 e. The first-order valence-corrected chi connectivity index (χ1v) is 5.04.